The predicted octanol–water partition coefficient (Wildman–Crippen LogP) is 0.394. The molecule has 0 spiro atoms. The van der Waals surface area contributed by atoms with Gasteiger partial charge in [-0.2, -0.15) is 0 Å². The van der Waals surface area contributed by atoms with Crippen molar-refractivity contribution < 1.29 is 14.3 Å². The van der Waals surface area contributed by atoms with E-state index in [1.54, 1.807) is 25.1 Å². The molecule has 0 saturated heterocycles. The van der Waals surface area contributed by atoms with Crippen LogP contribution in [-0.4, -0.2) is 19.4 Å². The van der Waals surface area contributed by atoms with Crippen molar-refractivity contribution in [2.45, 2.75) is 6.92 Å². The predicted molar refractivity (Wildman–Crippen MR) is 54.4 cm³/mol. The van der Waals surface area contributed by atoms with Crippen LogP contribution in [0.25, 0.3) is 0 Å². The Bertz CT molecular complexity index is 377. The molecule has 0 aromatic heterocycles. The van der Waals surface area contributed by atoms with Gasteiger partial charge in [-0.25, -0.2) is 0 Å². The van der Waals surface area contributed by atoms with Crippen LogP contribution in [0.4, 0.5) is 0 Å². The fourth-order valence-corrected chi connectivity index (χ4v) is 1.24. The smallest absolute Gasteiger partial charge is 0.270 e. The average molecular weight is 208 g/mol. The van der Waals surface area contributed by atoms with Gasteiger partial charge in [-0.1, -0.05) is 6.07 Å². The Morgan fingerprint density at radius 2 is 2.20 bits per heavy atom. The molecule has 0 unspecified atom stereocenters. The Balaban J connectivity index is 2.93. The molecule has 0 radical (unpaired) electrons. The van der Waals surface area contributed by atoms with Gasteiger partial charge in [0.05, 0.1) is 7.11 Å². The minimum Gasteiger partial charge on any atom is -0.496 e. The maximum absolute atomic E-state index is 11.5. The van der Waals surface area contributed by atoms with Crippen LogP contribution in [0.2, 0.25) is 0 Å². The van der Waals surface area contributed by atoms with Crippen molar-refractivity contribution in [1.82, 2.24) is 10.9 Å². The fraction of sp³-hybridized carbons (Fsp3) is 0.200. The van der Waals surface area contributed by atoms with Gasteiger partial charge in [-0.3, -0.25) is 20.4 Å². The van der Waals surface area contributed by atoms with Crippen LogP contribution in [0.3, 0.4) is 0 Å². The number of carbonyl (C=O) groups excluding carboxylic acids is 2. The number of benzene rings is 1. The van der Waals surface area contributed by atoms with Gasteiger partial charge in [-0.15, -0.1) is 0 Å². The van der Waals surface area contributed by atoms with E-state index in [1.165, 1.54) is 7.11 Å². The first-order valence-electron chi connectivity index (χ1n) is 4.33. The molecule has 1 aromatic rings. The Morgan fingerprint density at radius 1 is 1.47 bits per heavy atom. The van der Waals surface area contributed by atoms with Crippen molar-refractivity contribution >= 4 is 12.3 Å². The molecule has 0 aliphatic carbocycles. The summed E-state index contributed by atoms with van der Waals surface area (Å²) < 4.78 is 5.07. The second kappa shape index (κ2) is 4.99. The van der Waals surface area contributed by atoms with Gasteiger partial charge in [0.2, 0.25) is 6.41 Å². The zero-order valence-electron chi connectivity index (χ0n) is 8.53. The van der Waals surface area contributed by atoms with E-state index in [-0.39, 0.29) is 5.91 Å². The number of nitrogens with one attached hydrogen (secondary N) is 2. The van der Waals surface area contributed by atoms with Gasteiger partial charge >= 0.3 is 0 Å². The van der Waals surface area contributed by atoms with E-state index in [2.05, 4.69) is 10.9 Å². The number of hydrazine groups is 1. The Labute approximate surface area is 87.4 Å². The van der Waals surface area contributed by atoms with E-state index in [0.29, 0.717) is 17.7 Å². The SMILES string of the molecule is COc1cccc(C(=O)NNC=O)c1C. The summed E-state index contributed by atoms with van der Waals surface area (Å²) in [5.41, 5.74) is 5.51. The molecule has 0 bridgehead atoms. The number of methoxy groups -OCH3 is 1. The lowest BCUT2D eigenvalue weighted by molar-refractivity contribution is -0.110. The molecule has 0 saturated carbocycles. The van der Waals surface area contributed by atoms with Gasteiger partial charge in [0.1, 0.15) is 5.75 Å². The molecule has 1 aromatic carbocycles. The van der Waals surface area contributed by atoms with Crippen LogP contribution in [0.1, 0.15) is 15.9 Å². The molecule has 0 aliphatic heterocycles. The molecular weight excluding hydrogens is 196 g/mol. The summed E-state index contributed by atoms with van der Waals surface area (Å²) in [5, 5.41) is 0. The Morgan fingerprint density at radius 3 is 2.80 bits per heavy atom. The van der Waals surface area contributed by atoms with Crippen molar-refractivity contribution in [1.29, 1.82) is 0 Å². The molecule has 0 heterocycles. The topological polar surface area (TPSA) is 67.4 Å². The number of carbonyl (C=O) groups is 2. The number of hydrogen-bond donors (Lipinski definition) is 2. The zero-order valence-corrected chi connectivity index (χ0v) is 8.53. The highest BCUT2D eigenvalue weighted by Gasteiger charge is 2.10. The molecule has 2 amide bonds. The fourth-order valence-electron chi connectivity index (χ4n) is 1.24. The highest BCUT2D eigenvalue weighted by Crippen LogP contribution is 2.20. The maximum atomic E-state index is 11.5. The largest absolute Gasteiger partial charge is 0.496 e. The van der Waals surface area contributed by atoms with E-state index in [4.69, 9.17) is 4.74 Å². The first-order chi connectivity index (χ1) is 7.20. The summed E-state index contributed by atoms with van der Waals surface area (Å²) in [7, 11) is 1.54. The molecule has 0 atom stereocenters. The highest BCUT2D eigenvalue weighted by atomic mass is 16.5. The third-order valence-electron chi connectivity index (χ3n) is 1.99. The summed E-state index contributed by atoms with van der Waals surface area (Å²) in [6, 6.07) is 5.13. The van der Waals surface area contributed by atoms with Crippen LogP contribution in [-0.2, 0) is 4.79 Å². The average Bonchev–Trinajstić information content (AvgIpc) is 2.26. The van der Waals surface area contributed by atoms with E-state index in [9.17, 15) is 9.59 Å². The van der Waals surface area contributed by atoms with Crippen LogP contribution >= 0.6 is 0 Å². The van der Waals surface area contributed by atoms with Crippen molar-refractivity contribution in [2.75, 3.05) is 7.11 Å². The molecule has 0 aliphatic rings. The van der Waals surface area contributed by atoms with Crippen molar-refractivity contribution in [3.8, 4) is 5.75 Å². The number of rotatable bonds is 4. The molecule has 5 nitrogen and oxygen atoms in total. The summed E-state index contributed by atoms with van der Waals surface area (Å²) >= 11 is 0. The lowest BCUT2D eigenvalue weighted by atomic mass is 10.1. The van der Waals surface area contributed by atoms with Crippen molar-refractivity contribution in [2.24, 2.45) is 0 Å². The third-order valence-corrected chi connectivity index (χ3v) is 1.99. The van der Waals surface area contributed by atoms with Crippen LogP contribution in [0, 0.1) is 6.92 Å². The number of ether oxygens (including phenoxy) is 1. The van der Waals surface area contributed by atoms with E-state index in [1.807, 2.05) is 0 Å². The zero-order chi connectivity index (χ0) is 11.3. The van der Waals surface area contributed by atoms with Gasteiger partial charge < -0.3 is 4.74 Å². The van der Waals surface area contributed by atoms with Crippen LogP contribution < -0.4 is 15.6 Å². The van der Waals surface area contributed by atoms with Crippen molar-refractivity contribution in [3.05, 3.63) is 29.3 Å². The molecule has 15 heavy (non-hydrogen) atoms. The third kappa shape index (κ3) is 2.46. The second-order valence-corrected chi connectivity index (χ2v) is 2.85. The van der Waals surface area contributed by atoms with Crippen LogP contribution in [0.5, 0.6) is 5.75 Å². The molecular formula is C10H12N2O3. The lowest BCUT2D eigenvalue weighted by Gasteiger charge is -2.09. The molecule has 0 fully saturated rings. The van der Waals surface area contributed by atoms with E-state index in [0.717, 1.165) is 5.56 Å². The quantitative estimate of drug-likeness (QED) is 0.555. The van der Waals surface area contributed by atoms with Crippen molar-refractivity contribution in [3.63, 3.8) is 0 Å². The molecule has 2 N–H and O–H groups in total. The van der Waals surface area contributed by atoms with Gasteiger partial charge in [0.15, 0.2) is 0 Å². The Hall–Kier alpha value is -2.04. The minimum absolute atomic E-state index is 0.376. The number of amides is 2. The summed E-state index contributed by atoms with van der Waals surface area (Å²) in [4.78, 5) is 21.5. The second-order valence-electron chi connectivity index (χ2n) is 2.85. The van der Waals surface area contributed by atoms with E-state index >= 15 is 0 Å². The summed E-state index contributed by atoms with van der Waals surface area (Å²) in [6.45, 7) is 1.77. The number of hydrogen-bond acceptors (Lipinski definition) is 3. The molecule has 1 rings (SSSR count). The molecule has 5 heteroatoms. The monoisotopic (exact) mass is 208 g/mol. The Kier molecular flexibility index (Phi) is 3.68. The standard InChI is InChI=1S/C10H12N2O3/c1-7-8(10(14)12-11-6-13)4-3-5-9(7)15-2/h3-6H,1-2H3,(H,11,13)(H,12,14). The molecule has 80 valence electrons. The normalized spacial score (nSPS) is 9.20. The maximum Gasteiger partial charge on any atom is 0.270 e. The van der Waals surface area contributed by atoms with Gasteiger partial charge in [-0.05, 0) is 19.1 Å². The minimum atomic E-state index is -0.376. The van der Waals surface area contributed by atoms with Gasteiger partial charge in [0.25, 0.3) is 5.91 Å². The van der Waals surface area contributed by atoms with Crippen LogP contribution in [0.15, 0.2) is 18.2 Å². The summed E-state index contributed by atoms with van der Waals surface area (Å²) in [5.74, 6) is 0.257. The lowest BCUT2D eigenvalue weighted by Crippen LogP contribution is -2.36. The van der Waals surface area contributed by atoms with Gasteiger partial charge in [0, 0.05) is 11.1 Å². The summed E-state index contributed by atoms with van der Waals surface area (Å²) in [6.07, 6.45) is 0.396. The first kappa shape index (κ1) is 11.0. The van der Waals surface area contributed by atoms with E-state index < -0.39 is 0 Å². The highest BCUT2D eigenvalue weighted by molar-refractivity contribution is 5.96. The first-order valence-corrected chi connectivity index (χ1v) is 4.33.